The predicted molar refractivity (Wildman–Crippen MR) is 67.3 cm³/mol. The summed E-state index contributed by atoms with van der Waals surface area (Å²) in [6.45, 7) is 5.02. The highest BCUT2D eigenvalue weighted by Gasteiger charge is 2.23. The summed E-state index contributed by atoms with van der Waals surface area (Å²) >= 11 is 2.28. The quantitative estimate of drug-likeness (QED) is 0.835. The van der Waals surface area contributed by atoms with Gasteiger partial charge in [-0.1, -0.05) is 19.1 Å². The second-order valence-corrected chi connectivity index (χ2v) is 4.77. The van der Waals surface area contributed by atoms with Gasteiger partial charge < -0.3 is 10.4 Å². The van der Waals surface area contributed by atoms with Gasteiger partial charge >= 0.3 is 0 Å². The molecule has 0 radical (unpaired) electrons. The summed E-state index contributed by atoms with van der Waals surface area (Å²) in [6.07, 6.45) is 0. The minimum absolute atomic E-state index is 0.113. The second-order valence-electron chi connectivity index (χ2n) is 3.53. The highest BCUT2D eigenvalue weighted by Crippen LogP contribution is 2.20. The summed E-state index contributed by atoms with van der Waals surface area (Å²) in [5.74, 6) is 0. The molecule has 0 aromatic heterocycles. The van der Waals surface area contributed by atoms with E-state index in [4.69, 9.17) is 0 Å². The number of nitrogens with one attached hydrogen (secondary N) is 1. The van der Waals surface area contributed by atoms with Crippen molar-refractivity contribution >= 4 is 22.6 Å². The molecule has 0 saturated carbocycles. The summed E-state index contributed by atoms with van der Waals surface area (Å²) in [6, 6.07) is 8.23. The smallest absolute Gasteiger partial charge is 0.0652 e. The molecule has 0 fully saturated rings. The van der Waals surface area contributed by atoms with Crippen LogP contribution in [0.3, 0.4) is 0 Å². The van der Waals surface area contributed by atoms with Gasteiger partial charge in [0.25, 0.3) is 0 Å². The maximum absolute atomic E-state index is 9.37. The van der Waals surface area contributed by atoms with Crippen LogP contribution in [0.4, 0.5) is 0 Å². The van der Waals surface area contributed by atoms with Crippen LogP contribution < -0.4 is 5.32 Å². The van der Waals surface area contributed by atoms with Gasteiger partial charge in [-0.25, -0.2) is 0 Å². The molecule has 3 heteroatoms. The van der Waals surface area contributed by atoms with E-state index in [0.29, 0.717) is 0 Å². The predicted octanol–water partition coefficient (Wildman–Crippen LogP) is 2.11. The SMILES string of the molecule is CCNC(C)(CO)c1ccc(I)cc1. The first-order chi connectivity index (χ1) is 6.62. The fraction of sp³-hybridized carbons (Fsp3) is 0.455. The average Bonchev–Trinajstić information content (AvgIpc) is 2.19. The first-order valence-electron chi connectivity index (χ1n) is 4.74. The summed E-state index contributed by atoms with van der Waals surface area (Å²) in [5.41, 5.74) is 0.807. The van der Waals surface area contributed by atoms with E-state index in [1.807, 2.05) is 13.8 Å². The molecule has 0 aliphatic rings. The van der Waals surface area contributed by atoms with Crippen molar-refractivity contribution in [2.45, 2.75) is 19.4 Å². The number of aliphatic hydroxyl groups is 1. The molecule has 1 unspecified atom stereocenters. The van der Waals surface area contributed by atoms with Crippen molar-refractivity contribution in [1.29, 1.82) is 0 Å². The Bertz CT molecular complexity index is 286. The molecule has 0 heterocycles. The van der Waals surface area contributed by atoms with Gasteiger partial charge in [0.15, 0.2) is 0 Å². The normalized spacial score (nSPS) is 15.1. The summed E-state index contributed by atoms with van der Waals surface area (Å²) in [4.78, 5) is 0. The van der Waals surface area contributed by atoms with Gasteiger partial charge in [0.1, 0.15) is 0 Å². The number of hydrogen-bond donors (Lipinski definition) is 2. The van der Waals surface area contributed by atoms with E-state index < -0.39 is 0 Å². The molecule has 78 valence electrons. The third-order valence-corrected chi connectivity index (χ3v) is 3.08. The summed E-state index contributed by atoms with van der Waals surface area (Å²) < 4.78 is 1.21. The van der Waals surface area contributed by atoms with Crippen molar-refractivity contribution in [2.24, 2.45) is 0 Å². The Morgan fingerprint density at radius 2 is 1.93 bits per heavy atom. The molecule has 1 rings (SSSR count). The molecule has 0 bridgehead atoms. The zero-order valence-electron chi connectivity index (χ0n) is 8.55. The van der Waals surface area contributed by atoms with Gasteiger partial charge in [0.2, 0.25) is 0 Å². The number of halogens is 1. The molecule has 1 atom stereocenters. The van der Waals surface area contributed by atoms with Gasteiger partial charge in [0, 0.05) is 3.57 Å². The van der Waals surface area contributed by atoms with Crippen molar-refractivity contribution < 1.29 is 5.11 Å². The van der Waals surface area contributed by atoms with E-state index in [-0.39, 0.29) is 12.1 Å². The van der Waals surface area contributed by atoms with Crippen LogP contribution in [0.5, 0.6) is 0 Å². The summed E-state index contributed by atoms with van der Waals surface area (Å²) in [7, 11) is 0. The lowest BCUT2D eigenvalue weighted by atomic mass is 9.93. The number of hydrogen-bond acceptors (Lipinski definition) is 2. The maximum Gasteiger partial charge on any atom is 0.0652 e. The lowest BCUT2D eigenvalue weighted by Gasteiger charge is -2.28. The molecule has 0 spiro atoms. The van der Waals surface area contributed by atoms with Crippen LogP contribution in [0, 0.1) is 3.57 Å². The lowest BCUT2D eigenvalue weighted by molar-refractivity contribution is 0.177. The second kappa shape index (κ2) is 5.09. The first kappa shape index (κ1) is 11.9. The third kappa shape index (κ3) is 2.68. The number of benzene rings is 1. The Kier molecular flexibility index (Phi) is 4.34. The molecule has 0 amide bonds. The highest BCUT2D eigenvalue weighted by molar-refractivity contribution is 14.1. The van der Waals surface area contributed by atoms with Crippen molar-refractivity contribution in [3.05, 3.63) is 33.4 Å². The molecular formula is C11H16INO. The van der Waals surface area contributed by atoms with Gasteiger partial charge in [-0.2, -0.15) is 0 Å². The van der Waals surface area contributed by atoms with Crippen LogP contribution >= 0.6 is 22.6 Å². The Hall–Kier alpha value is -0.130. The van der Waals surface area contributed by atoms with Gasteiger partial charge in [0.05, 0.1) is 12.1 Å². The Morgan fingerprint density at radius 1 is 1.36 bits per heavy atom. The minimum atomic E-state index is -0.320. The number of aliphatic hydroxyl groups excluding tert-OH is 1. The van der Waals surface area contributed by atoms with Crippen LogP contribution in [-0.2, 0) is 5.54 Å². The van der Waals surface area contributed by atoms with E-state index in [0.717, 1.165) is 12.1 Å². The average molecular weight is 305 g/mol. The minimum Gasteiger partial charge on any atom is -0.394 e. The van der Waals surface area contributed by atoms with Gasteiger partial charge in [-0.05, 0) is 53.8 Å². The van der Waals surface area contributed by atoms with Gasteiger partial charge in [-0.3, -0.25) is 0 Å². The molecule has 2 nitrogen and oxygen atoms in total. The molecular weight excluding hydrogens is 289 g/mol. The van der Waals surface area contributed by atoms with Crippen molar-refractivity contribution in [3.8, 4) is 0 Å². The van der Waals surface area contributed by atoms with Crippen molar-refractivity contribution in [1.82, 2.24) is 5.32 Å². The zero-order chi connectivity index (χ0) is 10.6. The monoisotopic (exact) mass is 305 g/mol. The first-order valence-corrected chi connectivity index (χ1v) is 5.82. The largest absolute Gasteiger partial charge is 0.394 e. The third-order valence-electron chi connectivity index (χ3n) is 2.36. The lowest BCUT2D eigenvalue weighted by Crippen LogP contribution is -2.42. The maximum atomic E-state index is 9.37. The van der Waals surface area contributed by atoms with Crippen molar-refractivity contribution in [3.63, 3.8) is 0 Å². The van der Waals surface area contributed by atoms with Crippen molar-refractivity contribution in [2.75, 3.05) is 13.2 Å². The van der Waals surface area contributed by atoms with Crippen LogP contribution in [-0.4, -0.2) is 18.3 Å². The van der Waals surface area contributed by atoms with Crippen LogP contribution in [0.2, 0.25) is 0 Å². The van der Waals surface area contributed by atoms with E-state index in [9.17, 15) is 5.11 Å². The molecule has 0 saturated heterocycles. The molecule has 2 N–H and O–H groups in total. The van der Waals surface area contributed by atoms with Crippen LogP contribution in [0.15, 0.2) is 24.3 Å². The highest BCUT2D eigenvalue weighted by atomic mass is 127. The zero-order valence-corrected chi connectivity index (χ0v) is 10.7. The van der Waals surface area contributed by atoms with E-state index >= 15 is 0 Å². The number of likely N-dealkylation sites (N-methyl/N-ethyl adjacent to an activating group) is 1. The fourth-order valence-corrected chi connectivity index (χ4v) is 1.82. The Morgan fingerprint density at radius 3 is 2.36 bits per heavy atom. The fourth-order valence-electron chi connectivity index (χ4n) is 1.46. The van der Waals surface area contributed by atoms with Gasteiger partial charge in [-0.15, -0.1) is 0 Å². The van der Waals surface area contributed by atoms with Crippen LogP contribution in [0.25, 0.3) is 0 Å². The van der Waals surface area contributed by atoms with E-state index in [2.05, 4.69) is 52.2 Å². The summed E-state index contributed by atoms with van der Waals surface area (Å²) in [5, 5.41) is 12.7. The molecule has 0 aliphatic heterocycles. The number of rotatable bonds is 4. The van der Waals surface area contributed by atoms with Crippen LogP contribution in [0.1, 0.15) is 19.4 Å². The topological polar surface area (TPSA) is 32.3 Å². The molecule has 14 heavy (non-hydrogen) atoms. The molecule has 0 aliphatic carbocycles. The molecule has 1 aromatic carbocycles. The van der Waals surface area contributed by atoms with E-state index in [1.165, 1.54) is 3.57 Å². The Labute approximate surface area is 98.9 Å². The van der Waals surface area contributed by atoms with E-state index in [1.54, 1.807) is 0 Å². The Balaban J connectivity index is 2.94. The standard InChI is InChI=1S/C11H16INO/c1-3-13-11(2,8-14)9-4-6-10(12)7-5-9/h4-7,13-14H,3,8H2,1-2H3. The molecule has 1 aromatic rings.